The molecule has 4 aromatic carbocycles. The van der Waals surface area contributed by atoms with E-state index in [9.17, 15) is 8.78 Å². The first-order valence-corrected chi connectivity index (χ1v) is 9.07. The number of fused-ring (bicyclic) bond motifs is 3. The summed E-state index contributed by atoms with van der Waals surface area (Å²) in [5, 5.41) is 11.9. The fourth-order valence-corrected chi connectivity index (χ4v) is 3.66. The highest BCUT2D eigenvalue weighted by molar-refractivity contribution is 6.08. The van der Waals surface area contributed by atoms with E-state index in [0.29, 0.717) is 5.39 Å². The van der Waals surface area contributed by atoms with Gasteiger partial charge >= 0.3 is 0 Å². The van der Waals surface area contributed by atoms with Gasteiger partial charge in [-0.15, -0.1) is 0 Å². The van der Waals surface area contributed by atoms with E-state index in [4.69, 9.17) is 5.26 Å². The summed E-state index contributed by atoms with van der Waals surface area (Å²) in [6, 6.07) is 16.5. The molecule has 0 spiro atoms. The Balaban J connectivity index is 1.91. The SMILES string of the molecule is CCCc1ccc2c(ccc3c(F)c(-c4cc(F)c(C#N)c(F)c4)ccc32)c1. The molecule has 0 aliphatic heterocycles. The first-order chi connectivity index (χ1) is 13.5. The molecule has 0 aliphatic carbocycles. The lowest BCUT2D eigenvalue weighted by Gasteiger charge is -2.11. The molecule has 0 saturated heterocycles. The Morgan fingerprint density at radius 1 is 0.821 bits per heavy atom. The van der Waals surface area contributed by atoms with Crippen molar-refractivity contribution in [1.82, 2.24) is 0 Å². The van der Waals surface area contributed by atoms with E-state index in [1.165, 1.54) is 17.7 Å². The minimum atomic E-state index is -1.00. The maximum atomic E-state index is 15.2. The third-order valence-corrected chi connectivity index (χ3v) is 5.02. The van der Waals surface area contributed by atoms with Gasteiger partial charge in [0.2, 0.25) is 0 Å². The molecule has 28 heavy (non-hydrogen) atoms. The summed E-state index contributed by atoms with van der Waals surface area (Å²) in [6.45, 7) is 2.12. The second kappa shape index (κ2) is 7.01. The molecule has 0 unspecified atom stereocenters. The monoisotopic (exact) mass is 375 g/mol. The second-order valence-electron chi connectivity index (χ2n) is 6.82. The molecule has 0 saturated carbocycles. The van der Waals surface area contributed by atoms with Crippen molar-refractivity contribution in [3.63, 3.8) is 0 Å². The van der Waals surface area contributed by atoms with Crippen molar-refractivity contribution in [3.8, 4) is 17.2 Å². The van der Waals surface area contributed by atoms with Crippen LogP contribution in [0.15, 0.2) is 54.6 Å². The highest BCUT2D eigenvalue weighted by Gasteiger charge is 2.16. The topological polar surface area (TPSA) is 23.8 Å². The number of benzene rings is 4. The summed E-state index contributed by atoms with van der Waals surface area (Å²) in [5.41, 5.74) is 0.720. The lowest BCUT2D eigenvalue weighted by Crippen LogP contribution is -1.94. The van der Waals surface area contributed by atoms with E-state index in [-0.39, 0.29) is 11.1 Å². The molecule has 4 rings (SSSR count). The molecular formula is C24H16F3N. The minimum absolute atomic E-state index is 0.0618. The van der Waals surface area contributed by atoms with Gasteiger partial charge in [-0.2, -0.15) is 5.26 Å². The van der Waals surface area contributed by atoms with Crippen LogP contribution in [0.25, 0.3) is 32.7 Å². The predicted molar refractivity (Wildman–Crippen MR) is 105 cm³/mol. The molecule has 0 amide bonds. The van der Waals surface area contributed by atoms with Crippen LogP contribution in [-0.2, 0) is 6.42 Å². The van der Waals surface area contributed by atoms with E-state index < -0.39 is 23.0 Å². The molecule has 0 heterocycles. The smallest absolute Gasteiger partial charge is 0.144 e. The van der Waals surface area contributed by atoms with Gasteiger partial charge in [0.15, 0.2) is 0 Å². The van der Waals surface area contributed by atoms with E-state index >= 15 is 4.39 Å². The number of hydrogen-bond acceptors (Lipinski definition) is 1. The zero-order valence-corrected chi connectivity index (χ0v) is 15.2. The third kappa shape index (κ3) is 2.90. The molecule has 1 nitrogen and oxygen atoms in total. The van der Waals surface area contributed by atoms with Gasteiger partial charge in [0.1, 0.15) is 29.1 Å². The lowest BCUT2D eigenvalue weighted by atomic mass is 9.95. The van der Waals surface area contributed by atoms with Crippen molar-refractivity contribution >= 4 is 21.5 Å². The van der Waals surface area contributed by atoms with E-state index in [1.807, 2.05) is 18.2 Å². The minimum Gasteiger partial charge on any atom is -0.206 e. The van der Waals surface area contributed by atoms with Crippen LogP contribution in [0.2, 0.25) is 0 Å². The molecule has 0 aliphatic rings. The van der Waals surface area contributed by atoms with Gasteiger partial charge in [-0.25, -0.2) is 13.2 Å². The molecule has 138 valence electrons. The Labute approximate surface area is 160 Å². The molecule has 0 aromatic heterocycles. The van der Waals surface area contributed by atoms with Crippen molar-refractivity contribution in [2.24, 2.45) is 0 Å². The van der Waals surface area contributed by atoms with Crippen LogP contribution in [0, 0.1) is 28.8 Å². The average Bonchev–Trinajstić information content (AvgIpc) is 2.68. The standard InChI is InChI=1S/C24H16F3N/c1-2-3-14-4-6-17-15(10-14)5-7-20-19(17)9-8-18(24(20)27)16-11-22(25)21(13-28)23(26)12-16/h4-12H,2-3H2,1H3. The summed E-state index contributed by atoms with van der Waals surface area (Å²) in [7, 11) is 0. The third-order valence-electron chi connectivity index (χ3n) is 5.02. The first kappa shape index (κ1) is 18.1. The van der Waals surface area contributed by atoms with Crippen LogP contribution in [0.4, 0.5) is 13.2 Å². The zero-order valence-electron chi connectivity index (χ0n) is 15.2. The van der Waals surface area contributed by atoms with Crippen molar-refractivity contribution in [1.29, 1.82) is 5.26 Å². The van der Waals surface area contributed by atoms with Crippen molar-refractivity contribution in [3.05, 3.63) is 83.2 Å². The van der Waals surface area contributed by atoms with E-state index in [1.54, 1.807) is 12.1 Å². The summed E-state index contributed by atoms with van der Waals surface area (Å²) in [6.07, 6.45) is 2.03. The van der Waals surface area contributed by atoms with Crippen LogP contribution >= 0.6 is 0 Å². The fraction of sp³-hybridized carbons (Fsp3) is 0.125. The number of hydrogen-bond donors (Lipinski definition) is 0. The van der Waals surface area contributed by atoms with Gasteiger partial charge in [-0.3, -0.25) is 0 Å². The Hall–Kier alpha value is -3.32. The lowest BCUT2D eigenvalue weighted by molar-refractivity contribution is 0.577. The molecule has 0 N–H and O–H groups in total. The normalized spacial score (nSPS) is 11.1. The van der Waals surface area contributed by atoms with Crippen LogP contribution in [0.1, 0.15) is 24.5 Å². The summed E-state index contributed by atoms with van der Waals surface area (Å²) >= 11 is 0. The maximum Gasteiger partial charge on any atom is 0.144 e. The number of halogens is 3. The van der Waals surface area contributed by atoms with E-state index in [0.717, 1.165) is 41.1 Å². The molecule has 4 aromatic rings. The van der Waals surface area contributed by atoms with Crippen molar-refractivity contribution in [2.45, 2.75) is 19.8 Å². The molecular weight excluding hydrogens is 359 g/mol. The highest BCUT2D eigenvalue weighted by atomic mass is 19.1. The Kier molecular flexibility index (Phi) is 4.52. The summed E-state index contributed by atoms with van der Waals surface area (Å²) in [5.74, 6) is -2.54. The fourth-order valence-electron chi connectivity index (χ4n) is 3.66. The number of nitriles is 1. The van der Waals surface area contributed by atoms with Gasteiger partial charge < -0.3 is 0 Å². The number of nitrogens with zero attached hydrogens (tertiary/aromatic N) is 1. The Morgan fingerprint density at radius 2 is 1.50 bits per heavy atom. The van der Waals surface area contributed by atoms with Crippen LogP contribution in [-0.4, -0.2) is 0 Å². The predicted octanol–water partition coefficient (Wildman–Crippen LogP) is 6.90. The van der Waals surface area contributed by atoms with Crippen LogP contribution in [0.3, 0.4) is 0 Å². The summed E-state index contributed by atoms with van der Waals surface area (Å²) < 4.78 is 43.2. The van der Waals surface area contributed by atoms with Gasteiger partial charge in [0.25, 0.3) is 0 Å². The quantitative estimate of drug-likeness (QED) is 0.357. The second-order valence-corrected chi connectivity index (χ2v) is 6.82. The molecule has 0 fully saturated rings. The van der Waals surface area contributed by atoms with Crippen LogP contribution in [0.5, 0.6) is 0 Å². The Bertz CT molecular complexity index is 1250. The summed E-state index contributed by atoms with van der Waals surface area (Å²) in [4.78, 5) is 0. The van der Waals surface area contributed by atoms with Crippen LogP contribution < -0.4 is 0 Å². The average molecular weight is 375 g/mol. The molecule has 0 radical (unpaired) electrons. The maximum absolute atomic E-state index is 15.2. The molecule has 0 atom stereocenters. The van der Waals surface area contributed by atoms with E-state index in [2.05, 4.69) is 13.0 Å². The Morgan fingerprint density at radius 3 is 2.18 bits per heavy atom. The van der Waals surface area contributed by atoms with Crippen molar-refractivity contribution in [2.75, 3.05) is 0 Å². The molecule has 4 heteroatoms. The molecule has 0 bridgehead atoms. The van der Waals surface area contributed by atoms with Gasteiger partial charge in [0, 0.05) is 10.9 Å². The van der Waals surface area contributed by atoms with Gasteiger partial charge in [0.05, 0.1) is 0 Å². The number of aryl methyl sites for hydroxylation is 1. The van der Waals surface area contributed by atoms with Gasteiger partial charge in [-0.05, 0) is 45.8 Å². The largest absolute Gasteiger partial charge is 0.206 e. The van der Waals surface area contributed by atoms with Crippen molar-refractivity contribution < 1.29 is 13.2 Å². The van der Waals surface area contributed by atoms with Gasteiger partial charge in [-0.1, -0.05) is 55.8 Å². The number of rotatable bonds is 3. The zero-order chi connectivity index (χ0) is 19.8. The first-order valence-electron chi connectivity index (χ1n) is 9.07. The highest BCUT2D eigenvalue weighted by Crippen LogP contribution is 2.34.